The first-order chi connectivity index (χ1) is 18.4. The van der Waals surface area contributed by atoms with Crippen molar-refractivity contribution in [2.75, 3.05) is 51.8 Å². The molecule has 1 aliphatic rings. The van der Waals surface area contributed by atoms with Crippen LogP contribution in [0.3, 0.4) is 0 Å². The van der Waals surface area contributed by atoms with Gasteiger partial charge in [0.2, 0.25) is 5.91 Å². The molecule has 1 aromatic heterocycles. The van der Waals surface area contributed by atoms with Gasteiger partial charge in [-0.25, -0.2) is 0 Å². The van der Waals surface area contributed by atoms with Gasteiger partial charge >= 0.3 is 0 Å². The van der Waals surface area contributed by atoms with Crippen molar-refractivity contribution in [1.82, 2.24) is 20.0 Å². The van der Waals surface area contributed by atoms with Crippen LogP contribution in [-0.4, -0.2) is 84.8 Å². The minimum absolute atomic E-state index is 0.0348. The summed E-state index contributed by atoms with van der Waals surface area (Å²) in [4.78, 5) is 31.9. The van der Waals surface area contributed by atoms with Crippen LogP contribution in [0.2, 0.25) is 0 Å². The highest BCUT2D eigenvalue weighted by Crippen LogP contribution is 2.31. The van der Waals surface area contributed by atoms with Crippen molar-refractivity contribution in [3.05, 3.63) is 66.2 Å². The number of amides is 2. The molecule has 1 fully saturated rings. The zero-order valence-electron chi connectivity index (χ0n) is 22.5. The third kappa shape index (κ3) is 6.04. The number of carbonyl (C=O) groups excluding carboxylic acids is 2. The van der Waals surface area contributed by atoms with E-state index < -0.39 is 0 Å². The molecular weight excluding hydrogens is 482 g/mol. The summed E-state index contributed by atoms with van der Waals surface area (Å²) in [5.41, 5.74) is 2.21. The van der Waals surface area contributed by atoms with Crippen molar-refractivity contribution in [2.24, 2.45) is 0 Å². The largest absolute Gasteiger partial charge is 0.493 e. The molecule has 3 aromatic rings. The maximum Gasteiger partial charge on any atom is 0.254 e. The molecular formula is C29H35N5O4. The van der Waals surface area contributed by atoms with E-state index in [1.165, 1.54) is 0 Å². The van der Waals surface area contributed by atoms with Gasteiger partial charge in [-0.3, -0.25) is 9.59 Å². The minimum Gasteiger partial charge on any atom is -0.493 e. The van der Waals surface area contributed by atoms with Crippen molar-refractivity contribution < 1.29 is 19.1 Å². The van der Waals surface area contributed by atoms with E-state index >= 15 is 0 Å². The molecule has 2 heterocycles. The van der Waals surface area contributed by atoms with Gasteiger partial charge in [0.1, 0.15) is 6.54 Å². The number of ether oxygens (including phenoxy) is 2. The Hall–Kier alpha value is -4.14. The van der Waals surface area contributed by atoms with Crippen molar-refractivity contribution in [3.8, 4) is 22.8 Å². The first-order valence-corrected chi connectivity index (χ1v) is 12.9. The molecule has 1 aliphatic heterocycles. The fraction of sp³-hybridized carbons (Fsp3) is 0.379. The fourth-order valence-electron chi connectivity index (χ4n) is 4.47. The van der Waals surface area contributed by atoms with Crippen LogP contribution in [0.1, 0.15) is 30.6 Å². The Morgan fingerprint density at radius 2 is 1.63 bits per heavy atom. The molecule has 0 saturated carbocycles. The van der Waals surface area contributed by atoms with Crippen LogP contribution in [0, 0.1) is 0 Å². The predicted octanol–water partition coefficient (Wildman–Crippen LogP) is 3.75. The lowest BCUT2D eigenvalue weighted by molar-refractivity contribution is -0.132. The Labute approximate surface area is 224 Å². The smallest absolute Gasteiger partial charge is 0.254 e. The molecule has 38 heavy (non-hydrogen) atoms. The van der Waals surface area contributed by atoms with E-state index in [9.17, 15) is 9.59 Å². The SMILES string of the molecule is CCC(C)N(CC(=O)N1CCN(c2ccc(-c3ccc(OC)c(OC)c3)nn2)CC1)C(=O)c1ccccc1. The summed E-state index contributed by atoms with van der Waals surface area (Å²) in [5, 5.41) is 8.85. The summed E-state index contributed by atoms with van der Waals surface area (Å²) in [6.07, 6.45) is 0.775. The van der Waals surface area contributed by atoms with Crippen LogP contribution in [-0.2, 0) is 4.79 Å². The predicted molar refractivity (Wildman–Crippen MR) is 147 cm³/mol. The summed E-state index contributed by atoms with van der Waals surface area (Å²) in [6, 6.07) is 18.6. The lowest BCUT2D eigenvalue weighted by atomic mass is 10.1. The molecule has 1 atom stereocenters. The van der Waals surface area contributed by atoms with Gasteiger partial charge in [0.15, 0.2) is 17.3 Å². The molecule has 4 rings (SSSR count). The zero-order valence-corrected chi connectivity index (χ0v) is 22.5. The van der Waals surface area contributed by atoms with Gasteiger partial charge < -0.3 is 24.2 Å². The number of rotatable bonds is 9. The Kier molecular flexibility index (Phi) is 8.78. The monoisotopic (exact) mass is 517 g/mol. The first kappa shape index (κ1) is 26.9. The quantitative estimate of drug-likeness (QED) is 0.427. The average Bonchev–Trinajstić information content (AvgIpc) is 2.99. The Balaban J connectivity index is 1.36. The number of nitrogens with zero attached hydrogens (tertiary/aromatic N) is 5. The molecule has 0 bridgehead atoms. The fourth-order valence-corrected chi connectivity index (χ4v) is 4.47. The second kappa shape index (κ2) is 12.4. The number of hydrogen-bond donors (Lipinski definition) is 0. The first-order valence-electron chi connectivity index (χ1n) is 12.9. The van der Waals surface area contributed by atoms with Crippen molar-refractivity contribution >= 4 is 17.6 Å². The lowest BCUT2D eigenvalue weighted by Gasteiger charge is -2.37. The molecule has 2 aromatic carbocycles. The van der Waals surface area contributed by atoms with Crippen LogP contribution in [0.25, 0.3) is 11.3 Å². The highest BCUT2D eigenvalue weighted by Gasteiger charge is 2.28. The minimum atomic E-state index is -0.114. The van der Waals surface area contributed by atoms with Gasteiger partial charge in [0.05, 0.1) is 19.9 Å². The maximum absolute atomic E-state index is 13.2. The third-order valence-electron chi connectivity index (χ3n) is 7.00. The van der Waals surface area contributed by atoms with Gasteiger partial charge in [0, 0.05) is 43.3 Å². The van der Waals surface area contributed by atoms with E-state index in [2.05, 4.69) is 15.1 Å². The normalized spacial score (nSPS) is 14.1. The highest BCUT2D eigenvalue weighted by atomic mass is 16.5. The summed E-state index contributed by atoms with van der Waals surface area (Å²) in [7, 11) is 3.20. The number of hydrogen-bond acceptors (Lipinski definition) is 7. The van der Waals surface area contributed by atoms with E-state index in [0.29, 0.717) is 43.2 Å². The number of carbonyl (C=O) groups is 2. The van der Waals surface area contributed by atoms with Gasteiger partial charge in [-0.1, -0.05) is 25.1 Å². The molecule has 2 amide bonds. The third-order valence-corrected chi connectivity index (χ3v) is 7.00. The second-order valence-corrected chi connectivity index (χ2v) is 9.27. The molecule has 1 unspecified atom stereocenters. The van der Waals surface area contributed by atoms with Crippen LogP contribution in [0.5, 0.6) is 11.5 Å². The van der Waals surface area contributed by atoms with Crippen LogP contribution >= 0.6 is 0 Å². The molecule has 0 aliphatic carbocycles. The van der Waals surface area contributed by atoms with E-state index in [-0.39, 0.29) is 24.4 Å². The van der Waals surface area contributed by atoms with Gasteiger partial charge in [-0.15, -0.1) is 10.2 Å². The van der Waals surface area contributed by atoms with E-state index in [0.717, 1.165) is 23.5 Å². The van der Waals surface area contributed by atoms with Crippen molar-refractivity contribution in [3.63, 3.8) is 0 Å². The summed E-state index contributed by atoms with van der Waals surface area (Å²) in [6.45, 7) is 6.49. The molecule has 200 valence electrons. The van der Waals surface area contributed by atoms with Crippen LogP contribution in [0.15, 0.2) is 60.7 Å². The number of aromatic nitrogens is 2. The number of piperazine rings is 1. The Bertz CT molecular complexity index is 1230. The van der Waals surface area contributed by atoms with Crippen molar-refractivity contribution in [2.45, 2.75) is 26.3 Å². The van der Waals surface area contributed by atoms with Crippen LogP contribution in [0.4, 0.5) is 5.82 Å². The summed E-state index contributed by atoms with van der Waals surface area (Å²) >= 11 is 0. The zero-order chi connectivity index (χ0) is 27.1. The Morgan fingerprint density at radius 1 is 0.921 bits per heavy atom. The van der Waals surface area contributed by atoms with Crippen molar-refractivity contribution in [1.29, 1.82) is 0 Å². The van der Waals surface area contributed by atoms with E-state index in [1.807, 2.05) is 67.3 Å². The topological polar surface area (TPSA) is 88.1 Å². The molecule has 9 nitrogen and oxygen atoms in total. The molecule has 9 heteroatoms. The van der Waals surface area contributed by atoms with E-state index in [1.54, 1.807) is 31.3 Å². The highest BCUT2D eigenvalue weighted by molar-refractivity contribution is 5.96. The lowest BCUT2D eigenvalue weighted by Crippen LogP contribution is -2.53. The Morgan fingerprint density at radius 3 is 2.24 bits per heavy atom. The van der Waals surface area contributed by atoms with Crippen LogP contribution < -0.4 is 14.4 Å². The standard InChI is InChI=1S/C29H35N5O4/c1-5-21(2)34(29(36)22-9-7-6-8-10-22)20-28(35)33-17-15-32(16-18-33)27-14-12-24(30-31-27)23-11-13-25(37-3)26(19-23)38-4/h6-14,19,21H,5,15-18,20H2,1-4H3. The molecule has 0 radical (unpaired) electrons. The van der Waals surface area contributed by atoms with Gasteiger partial charge in [-0.05, 0) is 55.8 Å². The second-order valence-electron chi connectivity index (χ2n) is 9.27. The summed E-state index contributed by atoms with van der Waals surface area (Å²) in [5.74, 6) is 1.90. The number of methoxy groups -OCH3 is 2. The van der Waals surface area contributed by atoms with E-state index in [4.69, 9.17) is 9.47 Å². The maximum atomic E-state index is 13.2. The molecule has 0 spiro atoms. The number of benzene rings is 2. The number of anilines is 1. The molecule has 1 saturated heterocycles. The molecule has 0 N–H and O–H groups in total. The summed E-state index contributed by atoms with van der Waals surface area (Å²) < 4.78 is 10.7. The van der Waals surface area contributed by atoms with Gasteiger partial charge in [-0.2, -0.15) is 0 Å². The van der Waals surface area contributed by atoms with Gasteiger partial charge in [0.25, 0.3) is 5.91 Å². The average molecular weight is 518 g/mol.